The van der Waals surface area contributed by atoms with Crippen LogP contribution < -0.4 is 10.6 Å². The molecule has 2 N–H and O–H groups in total. The molecule has 0 aliphatic heterocycles. The Morgan fingerprint density at radius 3 is 2.60 bits per heavy atom. The zero-order valence-corrected chi connectivity index (χ0v) is 13.5. The number of rotatable bonds is 6. The molecule has 0 spiro atoms. The lowest BCUT2D eigenvalue weighted by Gasteiger charge is -2.27. The summed E-state index contributed by atoms with van der Waals surface area (Å²) in [6.07, 6.45) is 0.400. The third kappa shape index (κ3) is 5.27. The Balaban J connectivity index is 0.00000361. The molecular formula is C14H21Cl2FN2O. The third-order valence-corrected chi connectivity index (χ3v) is 3.28. The first-order chi connectivity index (χ1) is 8.88. The Kier molecular flexibility index (Phi) is 8.09. The molecule has 0 aliphatic rings. The molecule has 0 bridgehead atoms. The fourth-order valence-corrected chi connectivity index (χ4v) is 2.30. The summed E-state index contributed by atoms with van der Waals surface area (Å²) < 4.78 is 13.9. The molecule has 1 aromatic rings. The van der Waals surface area contributed by atoms with Crippen molar-refractivity contribution in [2.45, 2.75) is 25.7 Å². The van der Waals surface area contributed by atoms with Crippen LogP contribution in [0.25, 0.3) is 0 Å². The zero-order valence-electron chi connectivity index (χ0n) is 11.9. The molecule has 0 saturated carbocycles. The molecule has 0 saturated heterocycles. The number of carbonyl (C=O) groups is 1. The van der Waals surface area contributed by atoms with Gasteiger partial charge in [-0.05, 0) is 19.2 Å². The van der Waals surface area contributed by atoms with Crippen molar-refractivity contribution in [3.8, 4) is 0 Å². The summed E-state index contributed by atoms with van der Waals surface area (Å²) in [7, 11) is 1.79. The van der Waals surface area contributed by atoms with Crippen molar-refractivity contribution < 1.29 is 9.18 Å². The van der Waals surface area contributed by atoms with Crippen molar-refractivity contribution in [2.24, 2.45) is 0 Å². The van der Waals surface area contributed by atoms with Crippen molar-refractivity contribution in [3.63, 3.8) is 0 Å². The molecule has 0 aliphatic carbocycles. The van der Waals surface area contributed by atoms with Crippen LogP contribution in [0.5, 0.6) is 0 Å². The minimum Gasteiger partial charge on any atom is -0.355 e. The largest absolute Gasteiger partial charge is 0.355 e. The van der Waals surface area contributed by atoms with Crippen molar-refractivity contribution >= 4 is 29.9 Å². The van der Waals surface area contributed by atoms with Gasteiger partial charge in [0, 0.05) is 35.5 Å². The molecule has 0 fully saturated rings. The summed E-state index contributed by atoms with van der Waals surface area (Å²) in [4.78, 5) is 11.6. The highest BCUT2D eigenvalue weighted by molar-refractivity contribution is 6.31. The maximum absolute atomic E-state index is 13.9. The van der Waals surface area contributed by atoms with Crippen LogP contribution in [0.4, 0.5) is 4.39 Å². The van der Waals surface area contributed by atoms with Crippen LogP contribution in [-0.2, 0) is 10.2 Å². The molecule has 0 radical (unpaired) electrons. The summed E-state index contributed by atoms with van der Waals surface area (Å²) in [6.45, 7) is 4.67. The topological polar surface area (TPSA) is 41.1 Å². The van der Waals surface area contributed by atoms with E-state index in [9.17, 15) is 9.18 Å². The van der Waals surface area contributed by atoms with E-state index >= 15 is 0 Å². The summed E-state index contributed by atoms with van der Waals surface area (Å²) in [6, 6.07) is 4.61. The van der Waals surface area contributed by atoms with E-state index in [1.54, 1.807) is 19.2 Å². The average Bonchev–Trinajstić information content (AvgIpc) is 2.33. The Labute approximate surface area is 130 Å². The van der Waals surface area contributed by atoms with E-state index in [1.165, 1.54) is 6.07 Å². The van der Waals surface area contributed by atoms with Gasteiger partial charge in [-0.15, -0.1) is 12.4 Å². The van der Waals surface area contributed by atoms with Crippen LogP contribution in [0, 0.1) is 5.82 Å². The summed E-state index contributed by atoms with van der Waals surface area (Å²) in [5.74, 6) is -0.406. The Morgan fingerprint density at radius 1 is 1.40 bits per heavy atom. The minimum atomic E-state index is -0.558. The summed E-state index contributed by atoms with van der Waals surface area (Å²) in [5.41, 5.74) is -0.122. The molecular weight excluding hydrogens is 302 g/mol. The number of benzene rings is 1. The highest BCUT2D eigenvalue weighted by Crippen LogP contribution is 2.31. The van der Waals surface area contributed by atoms with Gasteiger partial charge in [-0.3, -0.25) is 4.79 Å². The van der Waals surface area contributed by atoms with Gasteiger partial charge in [-0.2, -0.15) is 0 Å². The SMILES string of the molecule is CNCCC(=O)NCC(C)(C)c1c(F)cccc1Cl.Cl. The van der Waals surface area contributed by atoms with E-state index in [1.807, 2.05) is 13.8 Å². The summed E-state index contributed by atoms with van der Waals surface area (Å²) in [5, 5.41) is 6.09. The van der Waals surface area contributed by atoms with Gasteiger partial charge >= 0.3 is 0 Å². The maximum atomic E-state index is 13.9. The number of hydrogen-bond acceptors (Lipinski definition) is 2. The van der Waals surface area contributed by atoms with Gasteiger partial charge in [-0.25, -0.2) is 4.39 Å². The maximum Gasteiger partial charge on any atom is 0.221 e. The van der Waals surface area contributed by atoms with E-state index in [4.69, 9.17) is 11.6 Å². The molecule has 6 heteroatoms. The fraction of sp³-hybridized carbons (Fsp3) is 0.500. The Morgan fingerprint density at radius 2 is 2.05 bits per heavy atom. The average molecular weight is 323 g/mol. The quantitative estimate of drug-likeness (QED) is 0.845. The van der Waals surface area contributed by atoms with Crippen molar-refractivity contribution in [1.29, 1.82) is 0 Å². The lowest BCUT2D eigenvalue weighted by Crippen LogP contribution is -2.38. The minimum absolute atomic E-state index is 0. The molecule has 0 heterocycles. The fourth-order valence-electron chi connectivity index (χ4n) is 1.88. The Bertz CT molecular complexity index is 433. The molecule has 20 heavy (non-hydrogen) atoms. The highest BCUT2D eigenvalue weighted by atomic mass is 35.5. The molecule has 114 valence electrons. The molecule has 3 nitrogen and oxygen atoms in total. The first kappa shape index (κ1) is 19.2. The number of amides is 1. The lowest BCUT2D eigenvalue weighted by atomic mass is 9.84. The monoisotopic (exact) mass is 322 g/mol. The predicted molar refractivity (Wildman–Crippen MR) is 83.2 cm³/mol. The number of halogens is 3. The molecule has 0 atom stereocenters. The number of carbonyl (C=O) groups excluding carboxylic acids is 1. The first-order valence-corrected chi connectivity index (χ1v) is 6.62. The van der Waals surface area contributed by atoms with Crippen LogP contribution in [0.2, 0.25) is 5.02 Å². The third-order valence-electron chi connectivity index (χ3n) is 2.97. The first-order valence-electron chi connectivity index (χ1n) is 6.24. The van der Waals surface area contributed by atoms with Gasteiger partial charge in [0.1, 0.15) is 5.82 Å². The second-order valence-electron chi connectivity index (χ2n) is 5.11. The number of nitrogens with one attached hydrogen (secondary N) is 2. The van der Waals surface area contributed by atoms with Crippen LogP contribution in [0.15, 0.2) is 18.2 Å². The van der Waals surface area contributed by atoms with Crippen LogP contribution >= 0.6 is 24.0 Å². The number of hydrogen-bond donors (Lipinski definition) is 2. The van der Waals surface area contributed by atoms with Crippen molar-refractivity contribution in [3.05, 3.63) is 34.6 Å². The van der Waals surface area contributed by atoms with Crippen molar-refractivity contribution in [2.75, 3.05) is 20.1 Å². The molecule has 0 aromatic heterocycles. The second-order valence-corrected chi connectivity index (χ2v) is 5.52. The van der Waals surface area contributed by atoms with Gasteiger partial charge < -0.3 is 10.6 Å². The second kappa shape index (κ2) is 8.45. The Hall–Kier alpha value is -0.840. The van der Waals surface area contributed by atoms with Crippen molar-refractivity contribution in [1.82, 2.24) is 10.6 Å². The van der Waals surface area contributed by atoms with E-state index in [0.717, 1.165) is 0 Å². The smallest absolute Gasteiger partial charge is 0.221 e. The van der Waals surface area contributed by atoms with E-state index < -0.39 is 5.41 Å². The zero-order chi connectivity index (χ0) is 14.5. The van der Waals surface area contributed by atoms with Crippen LogP contribution in [0.1, 0.15) is 25.8 Å². The van der Waals surface area contributed by atoms with Gasteiger partial charge in [0.2, 0.25) is 5.91 Å². The van der Waals surface area contributed by atoms with E-state index in [2.05, 4.69) is 10.6 Å². The van der Waals surface area contributed by atoms with Gasteiger partial charge in [0.15, 0.2) is 0 Å². The van der Waals surface area contributed by atoms with Crippen LogP contribution in [-0.4, -0.2) is 26.0 Å². The van der Waals surface area contributed by atoms with Gasteiger partial charge in [0.05, 0.1) is 0 Å². The molecule has 0 unspecified atom stereocenters. The highest BCUT2D eigenvalue weighted by Gasteiger charge is 2.27. The van der Waals surface area contributed by atoms with E-state index in [0.29, 0.717) is 30.1 Å². The normalized spacial score (nSPS) is 10.8. The standard InChI is InChI=1S/C14H20ClFN2O.ClH/c1-14(2,9-18-12(19)7-8-17-3)13-10(15)5-4-6-11(13)16;/h4-6,17H,7-9H2,1-3H3,(H,18,19);1H. The molecule has 1 aromatic carbocycles. The predicted octanol–water partition coefficient (Wildman–Crippen LogP) is 2.90. The van der Waals surface area contributed by atoms with Gasteiger partial charge in [0.25, 0.3) is 0 Å². The van der Waals surface area contributed by atoms with Gasteiger partial charge in [-0.1, -0.05) is 31.5 Å². The molecule has 1 amide bonds. The van der Waals surface area contributed by atoms with E-state index in [-0.39, 0.29) is 24.1 Å². The van der Waals surface area contributed by atoms with Crippen LogP contribution in [0.3, 0.4) is 0 Å². The lowest BCUT2D eigenvalue weighted by molar-refractivity contribution is -0.121. The molecule has 1 rings (SSSR count). The summed E-state index contributed by atoms with van der Waals surface area (Å²) >= 11 is 6.05.